The molecular weight excluding hydrogens is 234 g/mol. The van der Waals surface area contributed by atoms with Crippen LogP contribution in [0.4, 0.5) is 5.69 Å². The van der Waals surface area contributed by atoms with E-state index < -0.39 is 0 Å². The van der Waals surface area contributed by atoms with Crippen molar-refractivity contribution >= 4 is 23.9 Å². The van der Waals surface area contributed by atoms with Crippen LogP contribution < -0.4 is 5.73 Å². The zero-order valence-corrected chi connectivity index (χ0v) is 10.3. The fourth-order valence-electron chi connectivity index (χ4n) is 1.66. The van der Waals surface area contributed by atoms with Gasteiger partial charge in [0.25, 0.3) is 0 Å². The number of carbonyl (C=O) groups excluding carboxylic acids is 1. The predicted molar refractivity (Wildman–Crippen MR) is 73.5 cm³/mol. The van der Waals surface area contributed by atoms with Crippen LogP contribution in [0.3, 0.4) is 0 Å². The SMILES string of the molecule is CC(=O)c1ccc(-c2ccccc2)c(N)c1.Cl. The Morgan fingerprint density at radius 1 is 1.06 bits per heavy atom. The lowest BCUT2D eigenvalue weighted by atomic mass is 10.0. The Bertz CT molecular complexity index is 523. The van der Waals surface area contributed by atoms with E-state index in [1.165, 1.54) is 6.92 Å². The van der Waals surface area contributed by atoms with Crippen molar-refractivity contribution in [3.05, 3.63) is 54.1 Å². The Morgan fingerprint density at radius 2 is 1.71 bits per heavy atom. The molecule has 0 unspecified atom stereocenters. The number of rotatable bonds is 2. The summed E-state index contributed by atoms with van der Waals surface area (Å²) in [5.74, 6) is 0.0336. The van der Waals surface area contributed by atoms with Crippen LogP contribution in [0.5, 0.6) is 0 Å². The predicted octanol–water partition coefficient (Wildman–Crippen LogP) is 3.56. The lowest BCUT2D eigenvalue weighted by molar-refractivity contribution is 0.101. The first-order valence-electron chi connectivity index (χ1n) is 5.14. The van der Waals surface area contributed by atoms with E-state index in [1.807, 2.05) is 36.4 Å². The number of benzene rings is 2. The summed E-state index contributed by atoms with van der Waals surface area (Å²) in [6, 6.07) is 15.3. The molecule has 17 heavy (non-hydrogen) atoms. The van der Waals surface area contributed by atoms with Gasteiger partial charge in [0, 0.05) is 16.8 Å². The minimum atomic E-state index is 0. The van der Waals surface area contributed by atoms with E-state index in [0.717, 1.165) is 11.1 Å². The van der Waals surface area contributed by atoms with E-state index in [0.29, 0.717) is 11.3 Å². The summed E-state index contributed by atoms with van der Waals surface area (Å²) < 4.78 is 0. The van der Waals surface area contributed by atoms with Gasteiger partial charge in [-0.25, -0.2) is 0 Å². The zero-order valence-electron chi connectivity index (χ0n) is 9.51. The van der Waals surface area contributed by atoms with Crippen molar-refractivity contribution in [3.63, 3.8) is 0 Å². The van der Waals surface area contributed by atoms with Crippen molar-refractivity contribution in [2.75, 3.05) is 5.73 Å². The lowest BCUT2D eigenvalue weighted by Crippen LogP contribution is -1.96. The molecule has 2 N–H and O–H groups in total. The van der Waals surface area contributed by atoms with Gasteiger partial charge in [0.1, 0.15) is 0 Å². The molecule has 2 aromatic rings. The lowest BCUT2D eigenvalue weighted by Gasteiger charge is -2.06. The second kappa shape index (κ2) is 5.51. The van der Waals surface area contributed by atoms with Gasteiger partial charge in [0.2, 0.25) is 0 Å². The molecule has 0 heterocycles. The Labute approximate surface area is 107 Å². The van der Waals surface area contributed by atoms with Crippen LogP contribution in [-0.2, 0) is 0 Å². The van der Waals surface area contributed by atoms with Crippen molar-refractivity contribution in [1.82, 2.24) is 0 Å². The molecule has 0 atom stereocenters. The molecule has 0 aliphatic heterocycles. The fraction of sp³-hybridized carbons (Fsp3) is 0.0714. The number of hydrogen-bond acceptors (Lipinski definition) is 2. The minimum Gasteiger partial charge on any atom is -0.398 e. The summed E-state index contributed by atoms with van der Waals surface area (Å²) in [5, 5.41) is 0. The smallest absolute Gasteiger partial charge is 0.159 e. The van der Waals surface area contributed by atoms with Crippen LogP contribution in [0.25, 0.3) is 11.1 Å². The highest BCUT2D eigenvalue weighted by molar-refractivity contribution is 5.96. The summed E-state index contributed by atoms with van der Waals surface area (Å²) in [6.07, 6.45) is 0. The largest absolute Gasteiger partial charge is 0.398 e. The first-order valence-corrected chi connectivity index (χ1v) is 5.14. The fourth-order valence-corrected chi connectivity index (χ4v) is 1.66. The number of halogens is 1. The van der Waals surface area contributed by atoms with Crippen molar-refractivity contribution < 1.29 is 4.79 Å². The first kappa shape index (κ1) is 13.3. The third kappa shape index (κ3) is 2.86. The number of ketones is 1. The quantitative estimate of drug-likeness (QED) is 0.651. The summed E-state index contributed by atoms with van der Waals surface area (Å²) in [6.45, 7) is 1.54. The molecule has 0 radical (unpaired) electrons. The van der Waals surface area contributed by atoms with Gasteiger partial charge in [-0.3, -0.25) is 4.79 Å². The van der Waals surface area contributed by atoms with Crippen LogP contribution in [0.1, 0.15) is 17.3 Å². The zero-order chi connectivity index (χ0) is 11.5. The van der Waals surface area contributed by atoms with Gasteiger partial charge in [-0.05, 0) is 18.6 Å². The van der Waals surface area contributed by atoms with E-state index >= 15 is 0 Å². The molecule has 0 spiro atoms. The second-order valence-corrected chi connectivity index (χ2v) is 3.72. The molecule has 0 saturated carbocycles. The third-order valence-electron chi connectivity index (χ3n) is 2.54. The van der Waals surface area contributed by atoms with Crippen molar-refractivity contribution in [2.45, 2.75) is 6.92 Å². The molecular formula is C14H14ClNO. The van der Waals surface area contributed by atoms with Gasteiger partial charge in [-0.1, -0.05) is 42.5 Å². The maximum Gasteiger partial charge on any atom is 0.159 e. The second-order valence-electron chi connectivity index (χ2n) is 3.72. The Hall–Kier alpha value is -1.80. The van der Waals surface area contributed by atoms with Gasteiger partial charge in [0.05, 0.1) is 0 Å². The maximum atomic E-state index is 11.2. The topological polar surface area (TPSA) is 43.1 Å². The van der Waals surface area contributed by atoms with Crippen molar-refractivity contribution in [2.24, 2.45) is 0 Å². The van der Waals surface area contributed by atoms with Crippen LogP contribution in [-0.4, -0.2) is 5.78 Å². The van der Waals surface area contributed by atoms with E-state index in [2.05, 4.69) is 0 Å². The van der Waals surface area contributed by atoms with E-state index in [4.69, 9.17) is 5.73 Å². The van der Waals surface area contributed by atoms with Crippen LogP contribution in [0.15, 0.2) is 48.5 Å². The molecule has 0 aromatic heterocycles. The van der Waals surface area contributed by atoms with Gasteiger partial charge in [0.15, 0.2) is 5.78 Å². The van der Waals surface area contributed by atoms with E-state index in [-0.39, 0.29) is 18.2 Å². The third-order valence-corrected chi connectivity index (χ3v) is 2.54. The number of carbonyl (C=O) groups is 1. The van der Waals surface area contributed by atoms with Crippen molar-refractivity contribution in [3.8, 4) is 11.1 Å². The summed E-state index contributed by atoms with van der Waals surface area (Å²) in [5.41, 5.74) is 9.26. The first-order chi connectivity index (χ1) is 7.68. The van der Waals surface area contributed by atoms with Gasteiger partial charge < -0.3 is 5.73 Å². The summed E-state index contributed by atoms with van der Waals surface area (Å²) in [7, 11) is 0. The molecule has 0 fully saturated rings. The van der Waals surface area contributed by atoms with Gasteiger partial charge in [-0.15, -0.1) is 12.4 Å². The molecule has 0 saturated heterocycles. The number of anilines is 1. The minimum absolute atomic E-state index is 0. The number of hydrogen-bond donors (Lipinski definition) is 1. The Morgan fingerprint density at radius 3 is 2.24 bits per heavy atom. The number of nitrogens with two attached hydrogens (primary N) is 1. The Balaban J connectivity index is 0.00000144. The van der Waals surface area contributed by atoms with Crippen molar-refractivity contribution in [1.29, 1.82) is 0 Å². The standard InChI is InChI=1S/C14H13NO.ClH/c1-10(16)12-7-8-13(14(15)9-12)11-5-3-2-4-6-11;/h2-9H,15H2,1H3;1H. The molecule has 2 aromatic carbocycles. The summed E-state index contributed by atoms with van der Waals surface area (Å²) in [4.78, 5) is 11.2. The maximum absolute atomic E-state index is 11.2. The molecule has 3 heteroatoms. The molecule has 0 bridgehead atoms. The van der Waals surface area contributed by atoms with Crippen LogP contribution >= 0.6 is 12.4 Å². The highest BCUT2D eigenvalue weighted by Crippen LogP contribution is 2.26. The Kier molecular flexibility index (Phi) is 4.30. The normalized spacial score (nSPS) is 9.47. The van der Waals surface area contributed by atoms with E-state index in [1.54, 1.807) is 12.1 Å². The molecule has 0 aliphatic carbocycles. The van der Waals surface area contributed by atoms with Gasteiger partial charge >= 0.3 is 0 Å². The van der Waals surface area contributed by atoms with Crippen LogP contribution in [0.2, 0.25) is 0 Å². The highest BCUT2D eigenvalue weighted by atomic mass is 35.5. The molecule has 2 nitrogen and oxygen atoms in total. The summed E-state index contributed by atoms with van der Waals surface area (Å²) >= 11 is 0. The average molecular weight is 248 g/mol. The van der Waals surface area contributed by atoms with Gasteiger partial charge in [-0.2, -0.15) is 0 Å². The van der Waals surface area contributed by atoms with E-state index in [9.17, 15) is 4.79 Å². The molecule has 0 amide bonds. The monoisotopic (exact) mass is 247 g/mol. The highest BCUT2D eigenvalue weighted by Gasteiger charge is 2.05. The number of Topliss-reactive ketones (excluding diaryl/α,β-unsaturated/α-hetero) is 1. The molecule has 0 aliphatic rings. The number of nitrogen functional groups attached to an aromatic ring is 1. The molecule has 88 valence electrons. The average Bonchev–Trinajstić information content (AvgIpc) is 2.30. The molecule has 2 rings (SSSR count). The van der Waals surface area contributed by atoms with Crippen LogP contribution in [0, 0.1) is 0 Å².